The van der Waals surface area contributed by atoms with E-state index >= 15 is 0 Å². The summed E-state index contributed by atoms with van der Waals surface area (Å²) < 4.78 is 0. The summed E-state index contributed by atoms with van der Waals surface area (Å²) in [5, 5.41) is 6.63. The molecule has 0 saturated carbocycles. The highest BCUT2D eigenvalue weighted by atomic mass is 32.1. The van der Waals surface area contributed by atoms with Crippen molar-refractivity contribution < 1.29 is 0 Å². The third-order valence-corrected chi connectivity index (χ3v) is 5.20. The molecule has 2 aliphatic rings. The number of nitrogens with one attached hydrogen (secondary N) is 1. The molecule has 1 N–H and O–H groups in total. The molecular formula is C16H20N4S. The van der Waals surface area contributed by atoms with Crippen LogP contribution >= 0.6 is 11.3 Å². The molecule has 21 heavy (non-hydrogen) atoms. The molecule has 0 aliphatic carbocycles. The number of hydrogen-bond donors (Lipinski definition) is 1. The quantitative estimate of drug-likeness (QED) is 0.940. The van der Waals surface area contributed by atoms with Crippen LogP contribution in [0.2, 0.25) is 0 Å². The summed E-state index contributed by atoms with van der Waals surface area (Å²) in [5.41, 5.74) is 4.39. The van der Waals surface area contributed by atoms with Gasteiger partial charge in [0.1, 0.15) is 0 Å². The largest absolute Gasteiger partial charge is 0.346 e. The number of anilines is 1. The number of hydrogen-bond acceptors (Lipinski definition) is 5. The van der Waals surface area contributed by atoms with E-state index in [0.717, 1.165) is 45.8 Å². The summed E-state index contributed by atoms with van der Waals surface area (Å²) in [6, 6.07) is 6.96. The Kier molecular flexibility index (Phi) is 3.63. The van der Waals surface area contributed by atoms with E-state index in [1.54, 1.807) is 11.3 Å². The molecule has 0 radical (unpaired) electrons. The molecule has 3 heterocycles. The Hall–Kier alpha value is -1.43. The van der Waals surface area contributed by atoms with E-state index in [2.05, 4.69) is 43.7 Å². The van der Waals surface area contributed by atoms with Gasteiger partial charge >= 0.3 is 0 Å². The average Bonchev–Trinajstić information content (AvgIpc) is 3.19. The normalized spacial score (nSPS) is 19.0. The van der Waals surface area contributed by atoms with E-state index in [1.807, 2.05) is 6.20 Å². The first kappa shape index (κ1) is 13.2. The fourth-order valence-electron chi connectivity index (χ4n) is 3.17. The Bertz CT molecular complexity index is 603. The summed E-state index contributed by atoms with van der Waals surface area (Å²) in [6.07, 6.45) is 1.89. The molecule has 2 aromatic rings. The molecule has 110 valence electrons. The van der Waals surface area contributed by atoms with E-state index in [1.165, 1.54) is 21.8 Å². The van der Waals surface area contributed by atoms with Gasteiger partial charge in [-0.3, -0.25) is 4.90 Å². The highest BCUT2D eigenvalue weighted by Crippen LogP contribution is 2.21. The molecule has 1 aromatic carbocycles. The summed E-state index contributed by atoms with van der Waals surface area (Å²) in [7, 11) is 0. The molecule has 1 fully saturated rings. The van der Waals surface area contributed by atoms with Gasteiger partial charge in [-0.05, 0) is 16.7 Å². The van der Waals surface area contributed by atoms with Gasteiger partial charge < -0.3 is 10.2 Å². The summed E-state index contributed by atoms with van der Waals surface area (Å²) in [4.78, 5) is 9.35. The van der Waals surface area contributed by atoms with E-state index in [9.17, 15) is 0 Å². The lowest BCUT2D eigenvalue weighted by Crippen LogP contribution is -2.45. The van der Waals surface area contributed by atoms with Gasteiger partial charge in [0.25, 0.3) is 0 Å². The second kappa shape index (κ2) is 5.75. The van der Waals surface area contributed by atoms with Crippen molar-refractivity contribution in [2.24, 2.45) is 0 Å². The van der Waals surface area contributed by atoms with Gasteiger partial charge in [0, 0.05) is 57.4 Å². The number of aromatic nitrogens is 1. The molecule has 4 nitrogen and oxygen atoms in total. The summed E-state index contributed by atoms with van der Waals surface area (Å²) in [6.45, 7) is 7.53. The fraction of sp³-hybridized carbons (Fsp3) is 0.438. The SMILES string of the molecule is c1csc(N2CCN(Cc3ccc4c(c3)CNC4)CC2)n1. The molecule has 2 aliphatic heterocycles. The van der Waals surface area contributed by atoms with Crippen LogP contribution in [0.1, 0.15) is 16.7 Å². The molecule has 5 heteroatoms. The van der Waals surface area contributed by atoms with Crippen LogP contribution in [0.15, 0.2) is 29.8 Å². The number of nitrogens with zero attached hydrogens (tertiary/aromatic N) is 3. The van der Waals surface area contributed by atoms with Crippen molar-refractivity contribution in [3.05, 3.63) is 46.5 Å². The monoisotopic (exact) mass is 300 g/mol. The molecule has 0 amide bonds. The van der Waals surface area contributed by atoms with Gasteiger partial charge in [0.05, 0.1) is 0 Å². The number of benzene rings is 1. The van der Waals surface area contributed by atoms with Crippen LogP contribution in [-0.4, -0.2) is 36.1 Å². The lowest BCUT2D eigenvalue weighted by atomic mass is 10.1. The minimum atomic E-state index is 1.03. The first-order chi connectivity index (χ1) is 10.4. The van der Waals surface area contributed by atoms with Crippen molar-refractivity contribution in [2.45, 2.75) is 19.6 Å². The topological polar surface area (TPSA) is 31.4 Å². The third kappa shape index (κ3) is 2.81. The minimum absolute atomic E-state index is 1.03. The van der Waals surface area contributed by atoms with Crippen LogP contribution in [0.5, 0.6) is 0 Å². The van der Waals surface area contributed by atoms with Gasteiger partial charge in [-0.15, -0.1) is 11.3 Å². The Labute approximate surface area is 129 Å². The molecule has 0 atom stereocenters. The Balaban J connectivity index is 1.36. The second-order valence-electron chi connectivity index (χ2n) is 5.78. The number of thiazole rings is 1. The van der Waals surface area contributed by atoms with Crippen LogP contribution in [-0.2, 0) is 19.6 Å². The molecular weight excluding hydrogens is 280 g/mol. The highest BCUT2D eigenvalue weighted by Gasteiger charge is 2.19. The van der Waals surface area contributed by atoms with Gasteiger partial charge in [0.15, 0.2) is 5.13 Å². The van der Waals surface area contributed by atoms with E-state index < -0.39 is 0 Å². The predicted molar refractivity (Wildman–Crippen MR) is 86.6 cm³/mol. The first-order valence-electron chi connectivity index (χ1n) is 7.57. The van der Waals surface area contributed by atoms with Gasteiger partial charge in [-0.25, -0.2) is 4.98 Å². The molecule has 1 saturated heterocycles. The standard InChI is InChI=1S/C16H20N4S/c1-2-14-10-17-11-15(14)9-13(1)12-19-4-6-20(7-5-19)16-18-3-8-21-16/h1-3,8-9,17H,4-7,10-12H2. The zero-order valence-corrected chi connectivity index (χ0v) is 12.9. The highest BCUT2D eigenvalue weighted by molar-refractivity contribution is 7.13. The van der Waals surface area contributed by atoms with Gasteiger partial charge in [-0.1, -0.05) is 18.2 Å². The second-order valence-corrected chi connectivity index (χ2v) is 6.66. The van der Waals surface area contributed by atoms with Crippen molar-refractivity contribution in [1.29, 1.82) is 0 Å². The van der Waals surface area contributed by atoms with Crippen molar-refractivity contribution in [1.82, 2.24) is 15.2 Å². The average molecular weight is 300 g/mol. The Morgan fingerprint density at radius 2 is 1.95 bits per heavy atom. The molecule has 1 aromatic heterocycles. The summed E-state index contributed by atoms with van der Waals surface area (Å²) in [5.74, 6) is 0. The van der Waals surface area contributed by atoms with Crippen molar-refractivity contribution in [3.8, 4) is 0 Å². The third-order valence-electron chi connectivity index (χ3n) is 4.37. The van der Waals surface area contributed by atoms with Crippen LogP contribution in [0.4, 0.5) is 5.13 Å². The van der Waals surface area contributed by atoms with Crippen LogP contribution < -0.4 is 10.2 Å². The molecule has 0 unspecified atom stereocenters. The fourth-order valence-corrected chi connectivity index (χ4v) is 3.87. The molecule has 4 rings (SSSR count). The van der Waals surface area contributed by atoms with E-state index in [0.29, 0.717) is 0 Å². The van der Waals surface area contributed by atoms with E-state index in [-0.39, 0.29) is 0 Å². The van der Waals surface area contributed by atoms with E-state index in [4.69, 9.17) is 0 Å². The van der Waals surface area contributed by atoms with Crippen molar-refractivity contribution in [3.63, 3.8) is 0 Å². The maximum Gasteiger partial charge on any atom is 0.185 e. The number of piperazine rings is 1. The number of fused-ring (bicyclic) bond motifs is 1. The maximum absolute atomic E-state index is 4.41. The van der Waals surface area contributed by atoms with Crippen LogP contribution in [0.3, 0.4) is 0 Å². The molecule has 0 bridgehead atoms. The Morgan fingerprint density at radius 3 is 2.76 bits per heavy atom. The van der Waals surface area contributed by atoms with Crippen molar-refractivity contribution >= 4 is 16.5 Å². The summed E-state index contributed by atoms with van der Waals surface area (Å²) >= 11 is 1.74. The molecule has 0 spiro atoms. The van der Waals surface area contributed by atoms with Crippen LogP contribution in [0.25, 0.3) is 0 Å². The lowest BCUT2D eigenvalue weighted by Gasteiger charge is -2.34. The van der Waals surface area contributed by atoms with Gasteiger partial charge in [-0.2, -0.15) is 0 Å². The van der Waals surface area contributed by atoms with Gasteiger partial charge in [0.2, 0.25) is 0 Å². The van der Waals surface area contributed by atoms with Crippen molar-refractivity contribution in [2.75, 3.05) is 31.1 Å². The zero-order valence-electron chi connectivity index (χ0n) is 12.1. The smallest absolute Gasteiger partial charge is 0.185 e. The lowest BCUT2D eigenvalue weighted by molar-refractivity contribution is 0.250. The van der Waals surface area contributed by atoms with Crippen LogP contribution in [0, 0.1) is 0 Å². The maximum atomic E-state index is 4.41. The minimum Gasteiger partial charge on any atom is -0.346 e. The predicted octanol–water partition coefficient (Wildman–Crippen LogP) is 2.07. The first-order valence-corrected chi connectivity index (χ1v) is 8.45. The zero-order chi connectivity index (χ0) is 14.1. The Morgan fingerprint density at radius 1 is 1.10 bits per heavy atom. The number of rotatable bonds is 3.